The van der Waals surface area contributed by atoms with E-state index >= 15 is 0 Å². The van der Waals surface area contributed by atoms with Crippen LogP contribution in [0.1, 0.15) is 47.6 Å². The molecule has 0 saturated heterocycles. The maximum absolute atomic E-state index is 12.6. The molecule has 23 heavy (non-hydrogen) atoms. The van der Waals surface area contributed by atoms with Gasteiger partial charge in [0.1, 0.15) is 5.75 Å². The van der Waals surface area contributed by atoms with E-state index in [2.05, 4.69) is 18.9 Å². The van der Waals surface area contributed by atoms with Gasteiger partial charge in [-0.3, -0.25) is 4.79 Å². The summed E-state index contributed by atoms with van der Waals surface area (Å²) in [5.41, 5.74) is 4.11. The number of hydrogen-bond donors (Lipinski definition) is 0. The summed E-state index contributed by atoms with van der Waals surface area (Å²) < 4.78 is 6.71. The number of carbonyl (C=O) groups is 1. The Morgan fingerprint density at radius 1 is 1.22 bits per heavy atom. The molecule has 0 fully saturated rings. The number of nitrogens with zero attached hydrogens (tertiary/aromatic N) is 2. The van der Waals surface area contributed by atoms with E-state index in [1.165, 1.54) is 5.56 Å². The molecule has 0 spiro atoms. The Morgan fingerprint density at radius 2 is 1.87 bits per heavy atom. The molecular formula is C19H26N2O2. The number of carbonyl (C=O) groups excluding carboxylic acids is 1. The van der Waals surface area contributed by atoms with Crippen molar-refractivity contribution in [2.75, 3.05) is 7.11 Å². The maximum Gasteiger partial charge on any atom is 0.251 e. The summed E-state index contributed by atoms with van der Waals surface area (Å²) in [6.45, 7) is 8.40. The third kappa shape index (κ3) is 4.21. The van der Waals surface area contributed by atoms with E-state index in [1.807, 2.05) is 38.1 Å². The molecule has 0 radical (unpaired) electrons. The summed E-state index contributed by atoms with van der Waals surface area (Å²) in [6, 6.07) is 7.58. The van der Waals surface area contributed by atoms with Crippen molar-refractivity contribution in [3.8, 4) is 5.75 Å². The largest absolute Gasteiger partial charge is 0.497 e. The standard InChI is InChI=1S/C19H26N2O2/c1-13(2)6-11-18-14(3)20-21(15(18)4)19(22)12-16-7-9-17(23-5)10-8-16/h7-10,13H,6,11-12H2,1-5H3. The quantitative estimate of drug-likeness (QED) is 0.810. The van der Waals surface area contributed by atoms with Crippen LogP contribution in [0.25, 0.3) is 0 Å². The van der Waals surface area contributed by atoms with Gasteiger partial charge in [0.15, 0.2) is 0 Å². The van der Waals surface area contributed by atoms with Crippen LogP contribution in [0.2, 0.25) is 0 Å². The molecule has 0 saturated carbocycles. The van der Waals surface area contributed by atoms with Crippen molar-refractivity contribution in [2.24, 2.45) is 5.92 Å². The molecule has 1 aromatic carbocycles. The average molecular weight is 314 g/mol. The molecule has 0 atom stereocenters. The van der Waals surface area contributed by atoms with Crippen molar-refractivity contribution in [3.05, 3.63) is 46.8 Å². The van der Waals surface area contributed by atoms with Gasteiger partial charge in [0.25, 0.3) is 5.91 Å². The van der Waals surface area contributed by atoms with Crippen LogP contribution < -0.4 is 4.74 Å². The van der Waals surface area contributed by atoms with E-state index < -0.39 is 0 Å². The van der Waals surface area contributed by atoms with Crippen molar-refractivity contribution in [2.45, 2.75) is 47.0 Å². The lowest BCUT2D eigenvalue weighted by atomic mass is 10.0. The van der Waals surface area contributed by atoms with E-state index in [-0.39, 0.29) is 5.91 Å². The molecule has 0 amide bonds. The Balaban J connectivity index is 2.14. The van der Waals surface area contributed by atoms with E-state index in [9.17, 15) is 4.79 Å². The minimum absolute atomic E-state index is 0.00608. The van der Waals surface area contributed by atoms with Crippen molar-refractivity contribution >= 4 is 5.91 Å². The Morgan fingerprint density at radius 3 is 2.43 bits per heavy atom. The van der Waals surface area contributed by atoms with Crippen LogP contribution in [-0.4, -0.2) is 22.8 Å². The molecule has 0 unspecified atom stereocenters. The highest BCUT2D eigenvalue weighted by molar-refractivity contribution is 5.81. The summed E-state index contributed by atoms with van der Waals surface area (Å²) in [5.74, 6) is 1.45. The highest BCUT2D eigenvalue weighted by Gasteiger charge is 2.17. The smallest absolute Gasteiger partial charge is 0.251 e. The molecule has 0 aliphatic heterocycles. The fourth-order valence-corrected chi connectivity index (χ4v) is 2.71. The Hall–Kier alpha value is -2.10. The van der Waals surface area contributed by atoms with Gasteiger partial charge >= 0.3 is 0 Å². The number of methoxy groups -OCH3 is 1. The van der Waals surface area contributed by atoms with E-state index in [1.54, 1.807) is 11.8 Å². The number of aryl methyl sites for hydroxylation is 1. The molecule has 0 aliphatic rings. The van der Waals surface area contributed by atoms with E-state index in [0.717, 1.165) is 35.5 Å². The van der Waals surface area contributed by atoms with Gasteiger partial charge < -0.3 is 4.74 Å². The molecule has 4 nitrogen and oxygen atoms in total. The summed E-state index contributed by atoms with van der Waals surface area (Å²) in [7, 11) is 1.63. The first-order valence-corrected chi connectivity index (χ1v) is 8.13. The SMILES string of the molecule is COc1ccc(CC(=O)n2nc(C)c(CCC(C)C)c2C)cc1. The molecule has 1 aromatic heterocycles. The lowest BCUT2D eigenvalue weighted by molar-refractivity contribution is 0.0895. The van der Waals surface area contributed by atoms with Crippen LogP contribution in [-0.2, 0) is 12.8 Å². The predicted molar refractivity (Wildman–Crippen MR) is 92.2 cm³/mol. The highest BCUT2D eigenvalue weighted by atomic mass is 16.5. The summed E-state index contributed by atoms with van der Waals surface area (Å²) in [6.07, 6.45) is 2.43. The topological polar surface area (TPSA) is 44.1 Å². The van der Waals surface area contributed by atoms with Crippen LogP contribution in [0.3, 0.4) is 0 Å². The van der Waals surface area contributed by atoms with Crippen LogP contribution in [0.15, 0.2) is 24.3 Å². The average Bonchev–Trinajstić information content (AvgIpc) is 2.80. The zero-order valence-corrected chi connectivity index (χ0v) is 14.7. The van der Waals surface area contributed by atoms with Gasteiger partial charge in [-0.25, -0.2) is 4.68 Å². The normalized spacial score (nSPS) is 11.0. The van der Waals surface area contributed by atoms with Gasteiger partial charge in [-0.15, -0.1) is 0 Å². The second-order valence-electron chi connectivity index (χ2n) is 6.41. The van der Waals surface area contributed by atoms with Gasteiger partial charge in [-0.05, 0) is 55.9 Å². The third-order valence-corrected chi connectivity index (χ3v) is 4.16. The Bertz CT molecular complexity index is 669. The zero-order chi connectivity index (χ0) is 17.0. The van der Waals surface area contributed by atoms with E-state index in [4.69, 9.17) is 4.74 Å². The van der Waals surface area contributed by atoms with Crippen molar-refractivity contribution < 1.29 is 9.53 Å². The number of ether oxygens (including phenoxy) is 1. The molecule has 1 heterocycles. The first-order chi connectivity index (χ1) is 10.9. The molecular weight excluding hydrogens is 288 g/mol. The summed E-state index contributed by atoms with van der Waals surface area (Å²) in [5, 5.41) is 4.46. The Labute approximate surface area is 138 Å². The number of aromatic nitrogens is 2. The van der Waals surface area contributed by atoms with Crippen LogP contribution >= 0.6 is 0 Å². The first kappa shape index (κ1) is 17.3. The molecule has 0 N–H and O–H groups in total. The second kappa shape index (κ2) is 7.44. The summed E-state index contributed by atoms with van der Waals surface area (Å²) >= 11 is 0. The number of benzene rings is 1. The minimum Gasteiger partial charge on any atom is -0.497 e. The van der Waals surface area contributed by atoms with Crippen LogP contribution in [0.4, 0.5) is 0 Å². The molecule has 0 aliphatic carbocycles. The van der Waals surface area contributed by atoms with Crippen LogP contribution in [0, 0.1) is 19.8 Å². The van der Waals surface area contributed by atoms with Gasteiger partial charge in [-0.1, -0.05) is 26.0 Å². The monoisotopic (exact) mass is 314 g/mol. The summed E-state index contributed by atoms with van der Waals surface area (Å²) in [4.78, 5) is 12.6. The maximum atomic E-state index is 12.6. The third-order valence-electron chi connectivity index (χ3n) is 4.16. The number of rotatable bonds is 6. The Kier molecular flexibility index (Phi) is 5.59. The van der Waals surface area contributed by atoms with Crippen LogP contribution in [0.5, 0.6) is 5.75 Å². The lowest BCUT2D eigenvalue weighted by Crippen LogP contribution is -2.16. The van der Waals surface area contributed by atoms with Crippen molar-refractivity contribution in [1.29, 1.82) is 0 Å². The molecule has 2 rings (SSSR count). The minimum atomic E-state index is 0.00608. The van der Waals surface area contributed by atoms with Gasteiger partial charge in [-0.2, -0.15) is 5.10 Å². The highest BCUT2D eigenvalue weighted by Crippen LogP contribution is 2.18. The molecule has 0 bridgehead atoms. The van der Waals surface area contributed by atoms with Gasteiger partial charge in [0.05, 0.1) is 19.2 Å². The first-order valence-electron chi connectivity index (χ1n) is 8.13. The zero-order valence-electron chi connectivity index (χ0n) is 14.7. The fourth-order valence-electron chi connectivity index (χ4n) is 2.71. The van der Waals surface area contributed by atoms with Gasteiger partial charge in [0.2, 0.25) is 0 Å². The molecule has 4 heteroatoms. The fraction of sp³-hybridized carbons (Fsp3) is 0.474. The number of hydrogen-bond acceptors (Lipinski definition) is 3. The second-order valence-corrected chi connectivity index (χ2v) is 6.41. The predicted octanol–water partition coefficient (Wildman–Crippen LogP) is 3.98. The van der Waals surface area contributed by atoms with E-state index in [0.29, 0.717) is 12.3 Å². The molecule has 124 valence electrons. The van der Waals surface area contributed by atoms with Gasteiger partial charge in [0, 0.05) is 5.69 Å². The lowest BCUT2D eigenvalue weighted by Gasteiger charge is -2.07. The molecule has 2 aromatic rings. The van der Waals surface area contributed by atoms with Crippen molar-refractivity contribution in [1.82, 2.24) is 9.78 Å². The van der Waals surface area contributed by atoms with Crippen molar-refractivity contribution in [3.63, 3.8) is 0 Å².